The number of carbonyl (C=O) groups is 1. The first-order valence-corrected chi connectivity index (χ1v) is 7.12. The Balaban J connectivity index is 2.43. The fourth-order valence-electron chi connectivity index (χ4n) is 1.81. The lowest BCUT2D eigenvalue weighted by Crippen LogP contribution is -2.00. The van der Waals surface area contributed by atoms with Crippen molar-refractivity contribution in [3.05, 3.63) is 27.0 Å². The number of methoxy groups -OCH3 is 1. The van der Waals surface area contributed by atoms with Crippen LogP contribution in [0, 0.1) is 3.57 Å². The quantitative estimate of drug-likeness (QED) is 0.453. The van der Waals surface area contributed by atoms with Crippen LogP contribution in [0.4, 0.5) is 0 Å². The summed E-state index contributed by atoms with van der Waals surface area (Å²) in [5, 5.41) is 0. The number of nitrogens with zero attached hydrogens (tertiary/aromatic N) is 1. The SMILES string of the molecule is CCOc1cc(/C=C2/N=C(C)OC2=O)cc(I)c1OC. The first-order valence-electron chi connectivity index (χ1n) is 6.04. The predicted molar refractivity (Wildman–Crippen MR) is 84.1 cm³/mol. The first-order chi connectivity index (χ1) is 9.55. The number of carbonyl (C=O) groups excluding carboxylic acids is 1. The summed E-state index contributed by atoms with van der Waals surface area (Å²) in [5.74, 6) is 1.24. The standard InChI is InChI=1S/C14H14INO4/c1-4-19-12-7-9(5-10(15)13(12)18-3)6-11-14(17)20-8(2)16-11/h5-7H,4H2,1-3H3/b11-6+. The number of hydrogen-bond donors (Lipinski definition) is 0. The summed E-state index contributed by atoms with van der Waals surface area (Å²) in [6.45, 7) is 4.08. The molecule has 0 saturated carbocycles. The van der Waals surface area contributed by atoms with Crippen LogP contribution in [0.1, 0.15) is 19.4 Å². The van der Waals surface area contributed by atoms with E-state index >= 15 is 0 Å². The van der Waals surface area contributed by atoms with Crippen molar-refractivity contribution in [2.75, 3.05) is 13.7 Å². The fraction of sp³-hybridized carbons (Fsp3) is 0.286. The van der Waals surface area contributed by atoms with E-state index in [4.69, 9.17) is 14.2 Å². The Morgan fingerprint density at radius 3 is 2.75 bits per heavy atom. The molecule has 0 radical (unpaired) electrons. The van der Waals surface area contributed by atoms with Crippen molar-refractivity contribution in [2.24, 2.45) is 4.99 Å². The van der Waals surface area contributed by atoms with Crippen LogP contribution in [0.15, 0.2) is 22.8 Å². The third-order valence-electron chi connectivity index (χ3n) is 2.57. The van der Waals surface area contributed by atoms with E-state index in [1.165, 1.54) is 0 Å². The fourth-order valence-corrected chi connectivity index (χ4v) is 2.65. The summed E-state index contributed by atoms with van der Waals surface area (Å²) in [6.07, 6.45) is 1.67. The van der Waals surface area contributed by atoms with Gasteiger partial charge in [-0.3, -0.25) is 0 Å². The zero-order valence-corrected chi connectivity index (χ0v) is 13.6. The number of aliphatic imine (C=N–C) groups is 1. The summed E-state index contributed by atoms with van der Waals surface area (Å²) in [4.78, 5) is 15.6. The molecule has 0 N–H and O–H groups in total. The third kappa shape index (κ3) is 3.12. The lowest BCUT2D eigenvalue weighted by molar-refractivity contribution is -0.130. The molecule has 0 atom stereocenters. The molecule has 1 heterocycles. The number of cyclic esters (lactones) is 1. The van der Waals surface area contributed by atoms with Crippen molar-refractivity contribution in [1.82, 2.24) is 0 Å². The number of esters is 1. The van der Waals surface area contributed by atoms with E-state index in [0.29, 0.717) is 24.0 Å². The Morgan fingerprint density at radius 2 is 2.20 bits per heavy atom. The van der Waals surface area contributed by atoms with Gasteiger partial charge in [-0.1, -0.05) is 0 Å². The van der Waals surface area contributed by atoms with Gasteiger partial charge in [-0.05, 0) is 53.3 Å². The minimum atomic E-state index is -0.439. The van der Waals surface area contributed by atoms with Crippen molar-refractivity contribution >= 4 is 40.5 Å². The molecule has 1 aliphatic rings. The second kappa shape index (κ2) is 6.25. The third-order valence-corrected chi connectivity index (χ3v) is 3.37. The van der Waals surface area contributed by atoms with E-state index in [-0.39, 0.29) is 5.70 Å². The summed E-state index contributed by atoms with van der Waals surface area (Å²) in [5.41, 5.74) is 1.09. The number of halogens is 1. The van der Waals surface area contributed by atoms with E-state index in [0.717, 1.165) is 9.13 Å². The lowest BCUT2D eigenvalue weighted by atomic mass is 10.1. The molecular formula is C14H14INO4. The maximum atomic E-state index is 11.5. The topological polar surface area (TPSA) is 57.1 Å². The van der Waals surface area contributed by atoms with E-state index in [2.05, 4.69) is 27.6 Å². The highest BCUT2D eigenvalue weighted by Gasteiger charge is 2.20. The highest BCUT2D eigenvalue weighted by molar-refractivity contribution is 14.1. The number of benzene rings is 1. The smallest absolute Gasteiger partial charge is 0.363 e. The largest absolute Gasteiger partial charge is 0.492 e. The van der Waals surface area contributed by atoms with Crippen LogP contribution in [0.2, 0.25) is 0 Å². The van der Waals surface area contributed by atoms with Crippen molar-refractivity contribution in [2.45, 2.75) is 13.8 Å². The van der Waals surface area contributed by atoms with Crippen LogP contribution in [-0.2, 0) is 9.53 Å². The van der Waals surface area contributed by atoms with E-state index in [1.807, 2.05) is 19.1 Å². The van der Waals surface area contributed by atoms with Gasteiger partial charge in [-0.25, -0.2) is 9.79 Å². The molecule has 6 heteroatoms. The predicted octanol–water partition coefficient (Wildman–Crippen LogP) is 3.01. The molecule has 2 rings (SSSR count). The molecule has 20 heavy (non-hydrogen) atoms. The normalized spacial score (nSPS) is 16.1. The summed E-state index contributed by atoms with van der Waals surface area (Å²) < 4.78 is 16.7. The van der Waals surface area contributed by atoms with Crippen molar-refractivity contribution in [3.63, 3.8) is 0 Å². The van der Waals surface area contributed by atoms with Gasteiger partial charge in [0.25, 0.3) is 0 Å². The second-order valence-corrected chi connectivity index (χ2v) is 5.18. The van der Waals surface area contributed by atoms with Crippen molar-refractivity contribution in [3.8, 4) is 11.5 Å². The van der Waals surface area contributed by atoms with Crippen LogP contribution in [0.25, 0.3) is 6.08 Å². The second-order valence-electron chi connectivity index (χ2n) is 4.02. The maximum absolute atomic E-state index is 11.5. The molecule has 1 aromatic carbocycles. The minimum Gasteiger partial charge on any atom is -0.492 e. The molecule has 0 saturated heterocycles. The highest BCUT2D eigenvalue weighted by atomic mass is 127. The first kappa shape index (κ1) is 14.8. The summed E-state index contributed by atoms with van der Waals surface area (Å²) in [7, 11) is 1.60. The Kier molecular flexibility index (Phi) is 4.64. The average molecular weight is 387 g/mol. The van der Waals surface area contributed by atoms with Crippen LogP contribution in [0.5, 0.6) is 11.5 Å². The van der Waals surface area contributed by atoms with Crippen LogP contribution in [-0.4, -0.2) is 25.6 Å². The van der Waals surface area contributed by atoms with Gasteiger partial charge in [0, 0.05) is 6.92 Å². The van der Waals surface area contributed by atoms with E-state index in [1.54, 1.807) is 20.1 Å². The van der Waals surface area contributed by atoms with Crippen molar-refractivity contribution < 1.29 is 19.0 Å². The molecule has 0 fully saturated rings. The van der Waals surface area contributed by atoms with Gasteiger partial charge >= 0.3 is 5.97 Å². The molecule has 5 nitrogen and oxygen atoms in total. The Morgan fingerprint density at radius 1 is 1.45 bits per heavy atom. The maximum Gasteiger partial charge on any atom is 0.363 e. The highest BCUT2D eigenvalue weighted by Crippen LogP contribution is 2.34. The Labute approximate surface area is 130 Å². The molecule has 0 unspecified atom stereocenters. The Hall–Kier alpha value is -1.57. The molecular weight excluding hydrogens is 373 g/mol. The molecule has 0 spiro atoms. The van der Waals surface area contributed by atoms with Crippen LogP contribution in [0.3, 0.4) is 0 Å². The lowest BCUT2D eigenvalue weighted by Gasteiger charge is -2.12. The number of ether oxygens (including phenoxy) is 3. The number of hydrogen-bond acceptors (Lipinski definition) is 5. The minimum absolute atomic E-state index is 0.283. The molecule has 0 amide bonds. The van der Waals surface area contributed by atoms with Gasteiger partial charge in [-0.2, -0.15) is 0 Å². The molecule has 0 aliphatic carbocycles. The van der Waals surface area contributed by atoms with Gasteiger partial charge in [0.05, 0.1) is 17.3 Å². The zero-order chi connectivity index (χ0) is 14.7. The van der Waals surface area contributed by atoms with Crippen LogP contribution >= 0.6 is 22.6 Å². The molecule has 0 bridgehead atoms. The van der Waals surface area contributed by atoms with Crippen LogP contribution < -0.4 is 9.47 Å². The van der Waals surface area contributed by atoms with Gasteiger partial charge in [0.1, 0.15) is 0 Å². The average Bonchev–Trinajstić information content (AvgIpc) is 2.68. The van der Waals surface area contributed by atoms with Gasteiger partial charge in [-0.15, -0.1) is 0 Å². The molecule has 1 aliphatic heterocycles. The summed E-state index contributed by atoms with van der Waals surface area (Å²) in [6, 6.07) is 3.71. The van der Waals surface area contributed by atoms with E-state index in [9.17, 15) is 4.79 Å². The van der Waals surface area contributed by atoms with Gasteiger partial charge in [0.2, 0.25) is 0 Å². The van der Waals surface area contributed by atoms with E-state index < -0.39 is 5.97 Å². The molecule has 0 aromatic heterocycles. The summed E-state index contributed by atoms with van der Waals surface area (Å²) >= 11 is 2.16. The monoisotopic (exact) mass is 387 g/mol. The Bertz CT molecular complexity index is 607. The molecule has 106 valence electrons. The molecule has 1 aromatic rings. The zero-order valence-electron chi connectivity index (χ0n) is 11.4. The van der Waals surface area contributed by atoms with Crippen molar-refractivity contribution in [1.29, 1.82) is 0 Å². The van der Waals surface area contributed by atoms with Gasteiger partial charge < -0.3 is 14.2 Å². The number of rotatable bonds is 4. The van der Waals surface area contributed by atoms with Gasteiger partial charge in [0.15, 0.2) is 23.1 Å².